The maximum absolute atomic E-state index is 12.9. The van der Waals surface area contributed by atoms with E-state index in [1.807, 2.05) is 42.5 Å². The molecule has 4 fully saturated rings. The lowest BCUT2D eigenvalue weighted by Gasteiger charge is -2.57. The van der Waals surface area contributed by atoms with Crippen molar-refractivity contribution in [2.75, 3.05) is 7.11 Å². The summed E-state index contributed by atoms with van der Waals surface area (Å²) in [6.07, 6.45) is 8.09. The third-order valence-corrected chi connectivity index (χ3v) is 7.93. The lowest BCUT2D eigenvalue weighted by atomic mass is 9.48. The lowest BCUT2D eigenvalue weighted by molar-refractivity contribution is -0.00616. The van der Waals surface area contributed by atoms with E-state index in [1.165, 1.54) is 55.9 Å². The maximum atomic E-state index is 12.9. The van der Waals surface area contributed by atoms with Gasteiger partial charge in [0.25, 0.3) is 0 Å². The van der Waals surface area contributed by atoms with Crippen LogP contribution in [-0.2, 0) is 5.41 Å². The summed E-state index contributed by atoms with van der Waals surface area (Å²) in [5.74, 6) is 3.59. The number of carbonyl (C=O) groups excluding carboxylic acids is 1. The molecule has 0 radical (unpaired) electrons. The molecule has 4 saturated carbocycles. The highest BCUT2D eigenvalue weighted by molar-refractivity contribution is 8.14. The van der Waals surface area contributed by atoms with Crippen molar-refractivity contribution in [3.63, 3.8) is 0 Å². The Kier molecular flexibility index (Phi) is 4.31. The number of benzene rings is 2. The van der Waals surface area contributed by atoms with Crippen molar-refractivity contribution in [1.29, 1.82) is 0 Å². The van der Waals surface area contributed by atoms with E-state index in [0.717, 1.165) is 34.0 Å². The highest BCUT2D eigenvalue weighted by Crippen LogP contribution is 2.62. The Morgan fingerprint density at radius 2 is 1.59 bits per heavy atom. The second kappa shape index (κ2) is 6.70. The normalized spacial score (nSPS) is 31.1. The molecule has 4 aliphatic carbocycles. The Bertz CT molecular complexity index is 823. The zero-order valence-corrected chi connectivity index (χ0v) is 16.6. The quantitative estimate of drug-likeness (QED) is 0.602. The summed E-state index contributed by atoms with van der Waals surface area (Å²) in [5, 5.41) is 0.120. The number of hydrogen-bond donors (Lipinski definition) is 0. The largest absolute Gasteiger partial charge is 0.496 e. The standard InChI is InChI=1S/C24H26O2S/c1-26-22-8-7-19(23(25)27-20-5-3-2-4-6-20)12-21(22)24-13-16-9-17(14-24)11-18(10-16)15-24/h2-8,12,16-18H,9-11,13-15H2,1H3. The van der Waals surface area contributed by atoms with Crippen LogP contribution in [0.3, 0.4) is 0 Å². The molecule has 0 heterocycles. The number of carbonyl (C=O) groups is 1. The molecule has 4 bridgehead atoms. The maximum Gasteiger partial charge on any atom is 0.224 e. The molecular weight excluding hydrogens is 352 g/mol. The Hall–Kier alpha value is -1.74. The van der Waals surface area contributed by atoms with Crippen molar-refractivity contribution in [3.05, 3.63) is 59.7 Å². The van der Waals surface area contributed by atoms with Gasteiger partial charge in [-0.3, -0.25) is 4.79 Å². The summed E-state index contributed by atoms with van der Waals surface area (Å²) in [6, 6.07) is 16.0. The van der Waals surface area contributed by atoms with E-state index in [0.29, 0.717) is 0 Å². The first-order valence-corrected chi connectivity index (χ1v) is 10.9. The molecule has 2 aromatic rings. The summed E-state index contributed by atoms with van der Waals surface area (Å²) in [4.78, 5) is 13.9. The molecule has 0 spiro atoms. The van der Waals surface area contributed by atoms with Crippen LogP contribution >= 0.6 is 11.8 Å². The highest BCUT2D eigenvalue weighted by atomic mass is 32.2. The summed E-state index contributed by atoms with van der Waals surface area (Å²) in [6.45, 7) is 0. The van der Waals surface area contributed by atoms with Gasteiger partial charge in [-0.15, -0.1) is 0 Å². The Morgan fingerprint density at radius 3 is 2.19 bits per heavy atom. The first-order valence-electron chi connectivity index (χ1n) is 10.1. The molecule has 2 aromatic carbocycles. The predicted molar refractivity (Wildman–Crippen MR) is 109 cm³/mol. The highest BCUT2D eigenvalue weighted by Gasteiger charge is 2.52. The molecule has 0 N–H and O–H groups in total. The average molecular weight is 379 g/mol. The van der Waals surface area contributed by atoms with E-state index in [2.05, 4.69) is 6.07 Å². The van der Waals surface area contributed by atoms with Gasteiger partial charge in [0, 0.05) is 16.0 Å². The number of rotatable bonds is 4. The van der Waals surface area contributed by atoms with Crippen LogP contribution in [0.2, 0.25) is 0 Å². The number of thioether (sulfide) groups is 1. The van der Waals surface area contributed by atoms with Gasteiger partial charge in [-0.1, -0.05) is 18.2 Å². The molecule has 0 amide bonds. The van der Waals surface area contributed by atoms with Crippen molar-refractivity contribution in [1.82, 2.24) is 0 Å². The number of methoxy groups -OCH3 is 1. The smallest absolute Gasteiger partial charge is 0.224 e. The monoisotopic (exact) mass is 378 g/mol. The number of ether oxygens (including phenoxy) is 1. The molecule has 4 aliphatic rings. The molecular formula is C24H26O2S. The van der Waals surface area contributed by atoms with Gasteiger partial charge in [0.15, 0.2) is 0 Å². The predicted octanol–water partition coefficient (Wildman–Crippen LogP) is 6.10. The molecule has 6 rings (SSSR count). The fraction of sp³-hybridized carbons (Fsp3) is 0.458. The topological polar surface area (TPSA) is 26.3 Å². The minimum atomic E-state index is 0.120. The lowest BCUT2D eigenvalue weighted by Crippen LogP contribution is -2.48. The van der Waals surface area contributed by atoms with Crippen molar-refractivity contribution < 1.29 is 9.53 Å². The Labute approximate surface area is 165 Å². The van der Waals surface area contributed by atoms with Crippen LogP contribution in [0.1, 0.15) is 54.4 Å². The van der Waals surface area contributed by atoms with E-state index >= 15 is 0 Å². The molecule has 2 nitrogen and oxygen atoms in total. The molecule has 0 atom stereocenters. The van der Waals surface area contributed by atoms with Crippen LogP contribution in [0.15, 0.2) is 53.4 Å². The van der Waals surface area contributed by atoms with E-state index in [4.69, 9.17) is 4.74 Å². The van der Waals surface area contributed by atoms with Gasteiger partial charge in [0.1, 0.15) is 5.75 Å². The van der Waals surface area contributed by atoms with Gasteiger partial charge < -0.3 is 4.74 Å². The zero-order chi connectivity index (χ0) is 18.4. The second-order valence-electron chi connectivity index (χ2n) is 8.82. The fourth-order valence-electron chi connectivity index (χ4n) is 6.34. The third-order valence-electron chi connectivity index (χ3n) is 7.00. The van der Waals surface area contributed by atoms with Crippen molar-refractivity contribution >= 4 is 16.9 Å². The minimum absolute atomic E-state index is 0.120. The first-order chi connectivity index (χ1) is 13.1. The van der Waals surface area contributed by atoms with Gasteiger partial charge in [-0.25, -0.2) is 0 Å². The zero-order valence-electron chi connectivity index (χ0n) is 15.8. The average Bonchev–Trinajstić information content (AvgIpc) is 2.67. The molecule has 3 heteroatoms. The van der Waals surface area contributed by atoms with Gasteiger partial charge in [-0.2, -0.15) is 0 Å². The van der Waals surface area contributed by atoms with Crippen LogP contribution < -0.4 is 4.74 Å². The van der Waals surface area contributed by atoms with Crippen molar-refractivity contribution in [2.24, 2.45) is 17.8 Å². The van der Waals surface area contributed by atoms with Crippen LogP contribution in [0, 0.1) is 17.8 Å². The van der Waals surface area contributed by atoms with Crippen LogP contribution in [0.4, 0.5) is 0 Å². The number of hydrogen-bond acceptors (Lipinski definition) is 3. The molecule has 0 unspecified atom stereocenters. The molecule has 0 aliphatic heterocycles. The first kappa shape index (κ1) is 17.4. The summed E-state index contributed by atoms with van der Waals surface area (Å²) < 4.78 is 5.77. The van der Waals surface area contributed by atoms with E-state index < -0.39 is 0 Å². The van der Waals surface area contributed by atoms with Crippen molar-refractivity contribution in [3.8, 4) is 5.75 Å². The van der Waals surface area contributed by atoms with Crippen LogP contribution in [0.5, 0.6) is 5.75 Å². The van der Waals surface area contributed by atoms with Gasteiger partial charge in [-0.05, 0) is 104 Å². The molecule has 27 heavy (non-hydrogen) atoms. The Morgan fingerprint density at radius 1 is 0.963 bits per heavy atom. The van der Waals surface area contributed by atoms with Gasteiger partial charge in [0.05, 0.1) is 7.11 Å². The molecule has 0 aromatic heterocycles. The van der Waals surface area contributed by atoms with E-state index in [9.17, 15) is 4.79 Å². The minimum Gasteiger partial charge on any atom is -0.496 e. The van der Waals surface area contributed by atoms with Gasteiger partial charge in [0.2, 0.25) is 5.12 Å². The molecule has 140 valence electrons. The van der Waals surface area contributed by atoms with E-state index in [1.54, 1.807) is 7.11 Å². The van der Waals surface area contributed by atoms with Crippen LogP contribution in [-0.4, -0.2) is 12.2 Å². The van der Waals surface area contributed by atoms with Crippen molar-refractivity contribution in [2.45, 2.75) is 48.8 Å². The summed E-state index contributed by atoms with van der Waals surface area (Å²) in [7, 11) is 1.76. The SMILES string of the molecule is COc1ccc(C(=O)Sc2ccccc2)cc1C12CC3CC(CC(C3)C1)C2. The summed E-state index contributed by atoms with van der Waals surface area (Å²) in [5.41, 5.74) is 2.33. The Balaban J connectivity index is 1.49. The fourth-order valence-corrected chi connectivity index (χ4v) is 7.10. The molecule has 0 saturated heterocycles. The van der Waals surface area contributed by atoms with E-state index in [-0.39, 0.29) is 10.5 Å². The van der Waals surface area contributed by atoms with Gasteiger partial charge >= 0.3 is 0 Å². The third kappa shape index (κ3) is 3.10. The van der Waals surface area contributed by atoms with Crippen LogP contribution in [0.25, 0.3) is 0 Å². The second-order valence-corrected chi connectivity index (χ2v) is 9.86. The summed E-state index contributed by atoms with van der Waals surface area (Å²) >= 11 is 1.32.